The van der Waals surface area contributed by atoms with E-state index in [1.54, 1.807) is 11.3 Å². The largest absolute Gasteiger partial charge is 0.399 e. The van der Waals surface area contributed by atoms with Gasteiger partial charge in [0, 0.05) is 22.5 Å². The van der Waals surface area contributed by atoms with Gasteiger partial charge in [0.2, 0.25) is 5.91 Å². The van der Waals surface area contributed by atoms with Crippen LogP contribution >= 0.6 is 11.3 Å². The topological polar surface area (TPSA) is 55.1 Å². The maximum atomic E-state index is 12.0. The highest BCUT2D eigenvalue weighted by atomic mass is 32.1. The zero-order valence-corrected chi connectivity index (χ0v) is 12.7. The molecule has 0 aliphatic rings. The third-order valence-electron chi connectivity index (χ3n) is 3.23. The Labute approximate surface area is 123 Å². The van der Waals surface area contributed by atoms with Crippen LogP contribution in [0.1, 0.15) is 24.3 Å². The molecule has 0 aliphatic carbocycles. The van der Waals surface area contributed by atoms with E-state index in [0.29, 0.717) is 18.7 Å². The molecule has 20 heavy (non-hydrogen) atoms. The Morgan fingerprint density at radius 2 is 2.10 bits per heavy atom. The molecule has 2 aromatic rings. The number of hydrogen-bond acceptors (Lipinski definition) is 3. The summed E-state index contributed by atoms with van der Waals surface area (Å²) in [4.78, 5) is 13.3. The lowest BCUT2D eigenvalue weighted by molar-refractivity contribution is -0.120. The molecular weight excluding hydrogens is 268 g/mol. The summed E-state index contributed by atoms with van der Waals surface area (Å²) in [5.74, 6) is 0.0280. The molecule has 0 fully saturated rings. The van der Waals surface area contributed by atoms with Crippen LogP contribution in [0.15, 0.2) is 41.8 Å². The Morgan fingerprint density at radius 1 is 1.30 bits per heavy atom. The van der Waals surface area contributed by atoms with Crippen LogP contribution in [0.3, 0.4) is 0 Å². The van der Waals surface area contributed by atoms with Gasteiger partial charge < -0.3 is 11.1 Å². The van der Waals surface area contributed by atoms with E-state index in [1.807, 2.05) is 30.3 Å². The van der Waals surface area contributed by atoms with Gasteiger partial charge in [-0.3, -0.25) is 4.79 Å². The number of nitrogen functional groups attached to an aromatic ring is 1. The summed E-state index contributed by atoms with van der Waals surface area (Å²) in [5.41, 5.74) is 7.30. The Hall–Kier alpha value is -1.81. The van der Waals surface area contributed by atoms with Gasteiger partial charge in [0.1, 0.15) is 0 Å². The zero-order chi connectivity index (χ0) is 14.6. The molecule has 0 bridgehead atoms. The number of benzene rings is 1. The zero-order valence-electron chi connectivity index (χ0n) is 11.8. The van der Waals surface area contributed by atoms with Crippen molar-refractivity contribution >= 4 is 22.9 Å². The molecule has 0 aliphatic heterocycles. The highest BCUT2D eigenvalue weighted by Crippen LogP contribution is 2.26. The summed E-state index contributed by atoms with van der Waals surface area (Å²) < 4.78 is 0. The predicted molar refractivity (Wildman–Crippen MR) is 84.9 cm³/mol. The number of carbonyl (C=O) groups is 1. The number of amides is 1. The Balaban J connectivity index is 1.89. The van der Waals surface area contributed by atoms with Gasteiger partial charge >= 0.3 is 0 Å². The lowest BCUT2D eigenvalue weighted by Gasteiger charge is -2.23. The molecule has 0 atom stereocenters. The fraction of sp³-hybridized carbons (Fsp3) is 0.312. The minimum atomic E-state index is -0.0421. The number of hydrogen-bond donors (Lipinski definition) is 2. The average molecular weight is 288 g/mol. The van der Waals surface area contributed by atoms with Crippen LogP contribution in [0.5, 0.6) is 0 Å². The summed E-state index contributed by atoms with van der Waals surface area (Å²) >= 11 is 1.72. The summed E-state index contributed by atoms with van der Waals surface area (Å²) in [6.45, 7) is 4.91. The molecule has 0 radical (unpaired) electrons. The van der Waals surface area contributed by atoms with Gasteiger partial charge in [-0.25, -0.2) is 0 Å². The molecule has 3 nitrogen and oxygen atoms in total. The Morgan fingerprint density at radius 3 is 2.75 bits per heavy atom. The smallest absolute Gasteiger partial charge is 0.224 e. The molecular formula is C16H20N2OS. The number of nitrogens with two attached hydrogens (primary N) is 1. The van der Waals surface area contributed by atoms with E-state index in [2.05, 4.69) is 30.6 Å². The van der Waals surface area contributed by atoms with Gasteiger partial charge in [-0.2, -0.15) is 0 Å². The molecule has 0 saturated heterocycles. The first-order chi connectivity index (χ1) is 9.47. The van der Waals surface area contributed by atoms with Crippen molar-refractivity contribution in [1.82, 2.24) is 5.32 Å². The molecule has 1 aromatic carbocycles. The summed E-state index contributed by atoms with van der Waals surface area (Å²) in [5, 5.41) is 5.07. The molecule has 3 N–H and O–H groups in total. The van der Waals surface area contributed by atoms with Crippen LogP contribution in [0.4, 0.5) is 5.69 Å². The fourth-order valence-electron chi connectivity index (χ4n) is 2.02. The van der Waals surface area contributed by atoms with Gasteiger partial charge in [0.05, 0.1) is 6.42 Å². The predicted octanol–water partition coefficient (Wildman–Crippen LogP) is 2.97. The van der Waals surface area contributed by atoms with Gasteiger partial charge in [-0.15, -0.1) is 11.3 Å². The lowest BCUT2D eigenvalue weighted by atomic mass is 9.91. The van der Waals surface area contributed by atoms with E-state index in [4.69, 9.17) is 5.73 Å². The third kappa shape index (κ3) is 3.84. The van der Waals surface area contributed by atoms with E-state index in [9.17, 15) is 4.79 Å². The second kappa shape index (κ2) is 6.09. The molecule has 0 spiro atoms. The van der Waals surface area contributed by atoms with Crippen LogP contribution in [-0.4, -0.2) is 12.5 Å². The average Bonchev–Trinajstić information content (AvgIpc) is 2.91. The standard InChI is InChI=1S/C16H20N2OS/c1-16(2,14-7-4-8-20-14)11-18-15(19)10-12-5-3-6-13(17)9-12/h3-9H,10-11,17H2,1-2H3,(H,18,19). The van der Waals surface area contributed by atoms with Crippen molar-refractivity contribution in [3.8, 4) is 0 Å². The number of anilines is 1. The number of nitrogens with one attached hydrogen (secondary N) is 1. The molecule has 1 amide bonds. The quantitative estimate of drug-likeness (QED) is 0.831. The summed E-state index contributed by atoms with van der Waals surface area (Å²) in [6, 6.07) is 11.6. The van der Waals surface area contributed by atoms with Crippen molar-refractivity contribution in [3.05, 3.63) is 52.2 Å². The molecule has 0 saturated carbocycles. The van der Waals surface area contributed by atoms with Crippen molar-refractivity contribution in [2.24, 2.45) is 0 Å². The first-order valence-corrected chi connectivity index (χ1v) is 7.50. The molecule has 1 heterocycles. The van der Waals surface area contributed by atoms with Crippen LogP contribution in [0.25, 0.3) is 0 Å². The van der Waals surface area contributed by atoms with Gasteiger partial charge in [-0.05, 0) is 29.1 Å². The molecule has 4 heteroatoms. The lowest BCUT2D eigenvalue weighted by Crippen LogP contribution is -2.36. The summed E-state index contributed by atoms with van der Waals surface area (Å²) in [7, 11) is 0. The highest BCUT2D eigenvalue weighted by Gasteiger charge is 2.22. The van der Waals surface area contributed by atoms with E-state index in [1.165, 1.54) is 4.88 Å². The second-order valence-corrected chi connectivity index (χ2v) is 6.51. The van der Waals surface area contributed by atoms with Crippen molar-refractivity contribution in [3.63, 3.8) is 0 Å². The first-order valence-electron chi connectivity index (χ1n) is 6.62. The van der Waals surface area contributed by atoms with Crippen molar-refractivity contribution < 1.29 is 4.79 Å². The van der Waals surface area contributed by atoms with Crippen LogP contribution in [0.2, 0.25) is 0 Å². The molecule has 2 rings (SSSR count). The summed E-state index contributed by atoms with van der Waals surface area (Å²) in [6.07, 6.45) is 0.367. The van der Waals surface area contributed by atoms with Gasteiger partial charge in [0.15, 0.2) is 0 Å². The Bertz CT molecular complexity index is 576. The van der Waals surface area contributed by atoms with E-state index in [0.717, 1.165) is 5.56 Å². The van der Waals surface area contributed by atoms with Crippen molar-refractivity contribution in [2.75, 3.05) is 12.3 Å². The Kier molecular flexibility index (Phi) is 4.45. The molecule has 0 unspecified atom stereocenters. The normalized spacial score (nSPS) is 11.3. The van der Waals surface area contributed by atoms with E-state index in [-0.39, 0.29) is 11.3 Å². The number of carbonyl (C=O) groups excluding carboxylic acids is 1. The van der Waals surface area contributed by atoms with Gasteiger partial charge in [0.25, 0.3) is 0 Å². The van der Waals surface area contributed by atoms with Crippen LogP contribution < -0.4 is 11.1 Å². The minimum absolute atomic E-state index is 0.0280. The maximum absolute atomic E-state index is 12.0. The van der Waals surface area contributed by atoms with Gasteiger partial charge in [-0.1, -0.05) is 32.0 Å². The van der Waals surface area contributed by atoms with Crippen molar-refractivity contribution in [2.45, 2.75) is 25.7 Å². The van der Waals surface area contributed by atoms with Crippen LogP contribution in [0, 0.1) is 0 Å². The van der Waals surface area contributed by atoms with Crippen LogP contribution in [-0.2, 0) is 16.6 Å². The second-order valence-electron chi connectivity index (χ2n) is 5.56. The van der Waals surface area contributed by atoms with E-state index < -0.39 is 0 Å². The maximum Gasteiger partial charge on any atom is 0.224 e. The SMILES string of the molecule is CC(C)(CNC(=O)Cc1cccc(N)c1)c1cccs1. The minimum Gasteiger partial charge on any atom is -0.399 e. The fourth-order valence-corrected chi connectivity index (χ4v) is 2.87. The highest BCUT2D eigenvalue weighted by molar-refractivity contribution is 7.10. The molecule has 106 valence electrons. The third-order valence-corrected chi connectivity index (χ3v) is 4.47. The first kappa shape index (κ1) is 14.6. The number of thiophene rings is 1. The van der Waals surface area contributed by atoms with Crippen molar-refractivity contribution in [1.29, 1.82) is 0 Å². The molecule has 1 aromatic heterocycles. The van der Waals surface area contributed by atoms with E-state index >= 15 is 0 Å². The number of rotatable bonds is 5. The monoisotopic (exact) mass is 288 g/mol.